The van der Waals surface area contributed by atoms with Crippen LogP contribution in [0.25, 0.3) is 0 Å². The minimum atomic E-state index is -0.293. The van der Waals surface area contributed by atoms with Gasteiger partial charge in [0.15, 0.2) is 0 Å². The number of hydrogen-bond acceptors (Lipinski definition) is 3. The van der Waals surface area contributed by atoms with Gasteiger partial charge in [0.05, 0.1) is 6.10 Å². The Hall–Kier alpha value is -0.120. The van der Waals surface area contributed by atoms with E-state index >= 15 is 0 Å². The molecule has 0 saturated heterocycles. The summed E-state index contributed by atoms with van der Waals surface area (Å²) in [5.74, 6) is 0.208. The first-order valence-corrected chi connectivity index (χ1v) is 3.80. The van der Waals surface area contributed by atoms with E-state index in [9.17, 15) is 5.11 Å². The van der Waals surface area contributed by atoms with E-state index in [2.05, 4.69) is 0 Å². The van der Waals surface area contributed by atoms with E-state index in [0.29, 0.717) is 6.42 Å². The topological polar surface area (TPSA) is 72.3 Å². The van der Waals surface area contributed by atoms with Crippen molar-refractivity contribution in [1.82, 2.24) is 0 Å². The molecule has 1 fully saturated rings. The molecule has 10 heavy (non-hydrogen) atoms. The third kappa shape index (κ3) is 1.48. The predicted molar refractivity (Wildman–Crippen MR) is 40.4 cm³/mol. The Kier molecular flexibility index (Phi) is 2.28. The van der Waals surface area contributed by atoms with Crippen LogP contribution in [0, 0.1) is 5.92 Å². The van der Waals surface area contributed by atoms with Crippen LogP contribution in [0.2, 0.25) is 0 Å². The lowest BCUT2D eigenvalue weighted by Crippen LogP contribution is -2.48. The van der Waals surface area contributed by atoms with Crippen LogP contribution in [-0.2, 0) is 0 Å². The second kappa shape index (κ2) is 2.86. The van der Waals surface area contributed by atoms with E-state index in [1.165, 1.54) is 0 Å². The SMILES string of the molecule is C[C@@H]1C(N)CC(N)CC1O. The number of hydrogen-bond donors (Lipinski definition) is 3. The normalized spacial score (nSPS) is 49.2. The molecule has 1 rings (SSSR count). The lowest BCUT2D eigenvalue weighted by Gasteiger charge is -2.33. The second-order valence-electron chi connectivity index (χ2n) is 3.32. The molecular weight excluding hydrogens is 128 g/mol. The molecule has 0 heterocycles. The maximum Gasteiger partial charge on any atom is 0.0595 e. The predicted octanol–water partition coefficient (Wildman–Crippen LogP) is -0.568. The zero-order valence-electron chi connectivity index (χ0n) is 6.33. The molecular formula is C7H16N2O. The number of aliphatic hydroxyl groups is 1. The molecule has 1 saturated carbocycles. The van der Waals surface area contributed by atoms with Crippen molar-refractivity contribution in [2.75, 3.05) is 0 Å². The zero-order valence-corrected chi connectivity index (χ0v) is 6.33. The quantitative estimate of drug-likeness (QED) is 0.426. The van der Waals surface area contributed by atoms with E-state index in [0.717, 1.165) is 6.42 Å². The summed E-state index contributed by atoms with van der Waals surface area (Å²) in [6.07, 6.45) is 1.26. The molecule has 0 amide bonds. The van der Waals surface area contributed by atoms with Gasteiger partial charge in [-0.15, -0.1) is 0 Å². The highest BCUT2D eigenvalue weighted by molar-refractivity contribution is 4.87. The van der Waals surface area contributed by atoms with E-state index in [-0.39, 0.29) is 24.1 Å². The molecule has 5 N–H and O–H groups in total. The maximum absolute atomic E-state index is 9.36. The molecule has 3 nitrogen and oxygen atoms in total. The van der Waals surface area contributed by atoms with E-state index in [4.69, 9.17) is 11.5 Å². The highest BCUT2D eigenvalue weighted by Crippen LogP contribution is 2.21. The van der Waals surface area contributed by atoms with Gasteiger partial charge < -0.3 is 16.6 Å². The van der Waals surface area contributed by atoms with Crippen LogP contribution >= 0.6 is 0 Å². The average molecular weight is 144 g/mol. The smallest absolute Gasteiger partial charge is 0.0595 e. The van der Waals surface area contributed by atoms with Gasteiger partial charge in [-0.2, -0.15) is 0 Å². The van der Waals surface area contributed by atoms with Crippen LogP contribution < -0.4 is 11.5 Å². The highest BCUT2D eigenvalue weighted by atomic mass is 16.3. The molecule has 60 valence electrons. The third-order valence-corrected chi connectivity index (χ3v) is 2.40. The summed E-state index contributed by atoms with van der Waals surface area (Å²) in [5, 5.41) is 9.36. The minimum absolute atomic E-state index is 0.0822. The highest BCUT2D eigenvalue weighted by Gasteiger charge is 2.29. The van der Waals surface area contributed by atoms with Gasteiger partial charge in [-0.25, -0.2) is 0 Å². The molecule has 0 aromatic rings. The van der Waals surface area contributed by atoms with Crippen molar-refractivity contribution >= 4 is 0 Å². The summed E-state index contributed by atoms with van der Waals surface area (Å²) in [4.78, 5) is 0. The van der Waals surface area contributed by atoms with Crippen molar-refractivity contribution in [3.63, 3.8) is 0 Å². The first-order valence-electron chi connectivity index (χ1n) is 3.80. The van der Waals surface area contributed by atoms with Crippen molar-refractivity contribution in [3.05, 3.63) is 0 Å². The molecule has 0 radical (unpaired) electrons. The van der Waals surface area contributed by atoms with Gasteiger partial charge >= 0.3 is 0 Å². The Bertz CT molecular complexity index is 106. The second-order valence-corrected chi connectivity index (χ2v) is 3.32. The Balaban J connectivity index is 2.49. The first kappa shape index (κ1) is 7.98. The summed E-state index contributed by atoms with van der Waals surface area (Å²) < 4.78 is 0. The van der Waals surface area contributed by atoms with Gasteiger partial charge in [0, 0.05) is 12.1 Å². The van der Waals surface area contributed by atoms with Gasteiger partial charge in [-0.1, -0.05) is 6.92 Å². The monoisotopic (exact) mass is 144 g/mol. The van der Waals surface area contributed by atoms with E-state index in [1.54, 1.807) is 0 Å². The van der Waals surface area contributed by atoms with Crippen molar-refractivity contribution in [2.24, 2.45) is 17.4 Å². The lowest BCUT2D eigenvalue weighted by molar-refractivity contribution is 0.0584. The van der Waals surface area contributed by atoms with Crippen molar-refractivity contribution < 1.29 is 5.11 Å². The molecule has 4 atom stereocenters. The lowest BCUT2D eigenvalue weighted by atomic mass is 9.81. The summed E-state index contributed by atoms with van der Waals surface area (Å²) in [6, 6.07) is 0.181. The molecule has 0 aromatic heterocycles. The summed E-state index contributed by atoms with van der Waals surface area (Å²) in [5.41, 5.74) is 11.4. The van der Waals surface area contributed by atoms with Crippen LogP contribution in [-0.4, -0.2) is 23.3 Å². The van der Waals surface area contributed by atoms with Crippen LogP contribution in [0.5, 0.6) is 0 Å². The van der Waals surface area contributed by atoms with Gasteiger partial charge in [-0.3, -0.25) is 0 Å². The number of nitrogens with two attached hydrogens (primary N) is 2. The van der Waals surface area contributed by atoms with Crippen LogP contribution in [0.1, 0.15) is 19.8 Å². The first-order chi connectivity index (χ1) is 4.61. The largest absolute Gasteiger partial charge is 0.393 e. The molecule has 0 aromatic carbocycles. The van der Waals surface area contributed by atoms with E-state index in [1.807, 2.05) is 6.92 Å². The fraction of sp³-hybridized carbons (Fsp3) is 1.00. The van der Waals surface area contributed by atoms with Gasteiger partial charge in [0.25, 0.3) is 0 Å². The van der Waals surface area contributed by atoms with Crippen molar-refractivity contribution in [1.29, 1.82) is 0 Å². The Morgan fingerprint density at radius 2 is 1.90 bits per heavy atom. The number of aliphatic hydroxyl groups excluding tert-OH is 1. The fourth-order valence-corrected chi connectivity index (χ4v) is 1.47. The summed E-state index contributed by atoms with van der Waals surface area (Å²) >= 11 is 0. The zero-order chi connectivity index (χ0) is 7.72. The Morgan fingerprint density at radius 1 is 1.30 bits per heavy atom. The minimum Gasteiger partial charge on any atom is -0.393 e. The van der Waals surface area contributed by atoms with E-state index < -0.39 is 0 Å². The van der Waals surface area contributed by atoms with Gasteiger partial charge in [0.1, 0.15) is 0 Å². The standard InChI is InChI=1S/C7H16N2O/c1-4-6(9)2-5(8)3-7(4)10/h4-7,10H,2-3,8-9H2,1H3/t4-,5?,6?,7?/m1/s1. The molecule has 1 aliphatic rings. The molecule has 0 aliphatic heterocycles. The van der Waals surface area contributed by atoms with Crippen molar-refractivity contribution in [3.8, 4) is 0 Å². The number of rotatable bonds is 0. The van der Waals surface area contributed by atoms with Gasteiger partial charge in [0.2, 0.25) is 0 Å². The fourth-order valence-electron chi connectivity index (χ4n) is 1.47. The van der Waals surface area contributed by atoms with Gasteiger partial charge in [-0.05, 0) is 18.8 Å². The molecule has 3 heteroatoms. The molecule has 3 unspecified atom stereocenters. The van der Waals surface area contributed by atoms with Crippen LogP contribution in [0.15, 0.2) is 0 Å². The Morgan fingerprint density at radius 3 is 2.40 bits per heavy atom. The summed E-state index contributed by atoms with van der Waals surface area (Å²) in [6.45, 7) is 1.97. The third-order valence-electron chi connectivity index (χ3n) is 2.40. The molecule has 0 bridgehead atoms. The Labute approximate surface area is 61.4 Å². The van der Waals surface area contributed by atoms with Crippen LogP contribution in [0.4, 0.5) is 0 Å². The molecule has 1 aliphatic carbocycles. The van der Waals surface area contributed by atoms with Crippen molar-refractivity contribution in [2.45, 2.75) is 38.0 Å². The average Bonchev–Trinajstić information content (AvgIpc) is 1.82. The van der Waals surface area contributed by atoms with Crippen LogP contribution in [0.3, 0.4) is 0 Å². The maximum atomic E-state index is 9.36. The molecule has 0 spiro atoms. The summed E-state index contributed by atoms with van der Waals surface area (Å²) in [7, 11) is 0.